The van der Waals surface area contributed by atoms with E-state index in [0.29, 0.717) is 11.5 Å². The van der Waals surface area contributed by atoms with E-state index in [1.54, 1.807) is 20.2 Å². The van der Waals surface area contributed by atoms with Gasteiger partial charge in [0.05, 0.1) is 10.5 Å². The lowest BCUT2D eigenvalue weighted by atomic mass is 10.2. The molecule has 0 unspecified atom stereocenters. The second kappa shape index (κ2) is 8.73. The van der Waals surface area contributed by atoms with Crippen LogP contribution in [0.4, 0.5) is 15.9 Å². The summed E-state index contributed by atoms with van der Waals surface area (Å²) in [4.78, 5) is 19.3. The summed E-state index contributed by atoms with van der Waals surface area (Å²) in [6, 6.07) is 10.2. The van der Waals surface area contributed by atoms with E-state index in [4.69, 9.17) is 11.6 Å². The molecule has 0 atom stereocenters. The molecular weight excluding hydrogens is 411 g/mol. The summed E-state index contributed by atoms with van der Waals surface area (Å²) in [6.07, 6.45) is 2.23. The Kier molecular flexibility index (Phi) is 6.66. The molecule has 0 spiro atoms. The van der Waals surface area contributed by atoms with E-state index in [9.17, 15) is 9.18 Å². The molecule has 8 heteroatoms. The molecule has 0 aliphatic rings. The third-order valence-electron chi connectivity index (χ3n) is 2.99. The highest BCUT2D eigenvalue weighted by Gasteiger charge is 2.06. The summed E-state index contributed by atoms with van der Waals surface area (Å²) < 4.78 is 14.1. The number of aromatic nitrogens is 2. The quantitative estimate of drug-likeness (QED) is 0.622. The number of halogens is 3. The Morgan fingerprint density at radius 3 is 2.56 bits per heavy atom. The van der Waals surface area contributed by atoms with Gasteiger partial charge < -0.3 is 10.2 Å². The first kappa shape index (κ1) is 19.1. The van der Waals surface area contributed by atoms with E-state index in [1.807, 2.05) is 18.2 Å². The zero-order valence-electron chi connectivity index (χ0n) is 13.5. The van der Waals surface area contributed by atoms with Gasteiger partial charge in [0, 0.05) is 29.6 Å². The molecule has 3 rings (SSSR count). The number of carbonyl (C=O) groups is 1. The summed E-state index contributed by atoms with van der Waals surface area (Å²) in [7, 11) is 3.38. The normalized spacial score (nSPS) is 9.96. The highest BCUT2D eigenvalue weighted by atomic mass is 79.9. The Bertz CT molecular complexity index is 892. The first-order chi connectivity index (χ1) is 11.9. The number of nitrogens with zero attached hydrogens (tertiary/aromatic N) is 3. The van der Waals surface area contributed by atoms with Gasteiger partial charge in [0.15, 0.2) is 0 Å². The van der Waals surface area contributed by atoms with Crippen molar-refractivity contribution in [2.75, 3.05) is 19.4 Å². The number of nitrogens with one attached hydrogen (secondary N) is 1. The van der Waals surface area contributed by atoms with Crippen LogP contribution in [-0.2, 0) is 4.79 Å². The Morgan fingerprint density at radius 2 is 1.92 bits per heavy atom. The monoisotopic (exact) mass is 424 g/mol. The van der Waals surface area contributed by atoms with E-state index >= 15 is 0 Å². The van der Waals surface area contributed by atoms with Crippen molar-refractivity contribution in [3.8, 4) is 0 Å². The molecule has 3 aromatic rings. The summed E-state index contributed by atoms with van der Waals surface area (Å²) in [5.41, 5.74) is 1.48. The zero-order chi connectivity index (χ0) is 18.4. The SMILES string of the molecule is CN(C)C=O.Fc1ccc(Nc2ncnc3ccc(Br)cc23)cc1Cl. The van der Waals surface area contributed by atoms with Crippen LogP contribution >= 0.6 is 27.5 Å². The van der Waals surface area contributed by atoms with E-state index in [0.717, 1.165) is 21.8 Å². The van der Waals surface area contributed by atoms with Crippen molar-refractivity contribution in [2.45, 2.75) is 0 Å². The van der Waals surface area contributed by atoms with Crippen LogP contribution in [0.2, 0.25) is 5.02 Å². The third kappa shape index (κ3) is 5.37. The van der Waals surface area contributed by atoms with Crippen LogP contribution in [0, 0.1) is 5.82 Å². The van der Waals surface area contributed by atoms with E-state index in [-0.39, 0.29) is 5.02 Å². The van der Waals surface area contributed by atoms with Crippen molar-refractivity contribution in [1.29, 1.82) is 0 Å². The second-order valence-corrected chi connectivity index (χ2v) is 6.53. The fourth-order valence-corrected chi connectivity index (χ4v) is 2.38. The largest absolute Gasteiger partial charge is 0.351 e. The zero-order valence-corrected chi connectivity index (χ0v) is 15.8. The molecule has 5 nitrogen and oxygen atoms in total. The van der Waals surface area contributed by atoms with Crippen LogP contribution in [0.3, 0.4) is 0 Å². The lowest BCUT2D eigenvalue weighted by Gasteiger charge is -2.09. The molecule has 0 aliphatic heterocycles. The van der Waals surface area contributed by atoms with Crippen LogP contribution in [0.15, 0.2) is 47.2 Å². The first-order valence-corrected chi connectivity index (χ1v) is 8.32. The van der Waals surface area contributed by atoms with Crippen molar-refractivity contribution in [2.24, 2.45) is 0 Å². The molecular formula is C17H15BrClFN4O. The minimum atomic E-state index is -0.451. The van der Waals surface area contributed by atoms with Crippen LogP contribution in [-0.4, -0.2) is 35.4 Å². The predicted molar refractivity (Wildman–Crippen MR) is 102 cm³/mol. The molecule has 1 heterocycles. The first-order valence-electron chi connectivity index (χ1n) is 7.14. The van der Waals surface area contributed by atoms with Crippen molar-refractivity contribution in [3.05, 3.63) is 58.0 Å². The standard InChI is InChI=1S/C14H8BrClFN3.C3H7NO/c15-8-1-4-13-10(5-8)14(19-7-18-13)20-9-2-3-12(17)11(16)6-9;1-4(2)3-5/h1-7H,(H,18,19,20);3H,1-2H3. The van der Waals surface area contributed by atoms with Crippen LogP contribution in [0.1, 0.15) is 0 Å². The second-order valence-electron chi connectivity index (χ2n) is 5.21. The molecule has 0 bridgehead atoms. The van der Waals surface area contributed by atoms with E-state index in [2.05, 4.69) is 31.2 Å². The Morgan fingerprint density at radius 1 is 1.20 bits per heavy atom. The Balaban J connectivity index is 0.000000399. The molecule has 1 N–H and O–H groups in total. The number of rotatable bonds is 3. The van der Waals surface area contributed by atoms with Crippen LogP contribution in [0.5, 0.6) is 0 Å². The highest BCUT2D eigenvalue weighted by Crippen LogP contribution is 2.27. The maximum atomic E-state index is 13.2. The molecule has 130 valence electrons. The molecule has 1 amide bonds. The van der Waals surface area contributed by atoms with Gasteiger partial charge in [-0.3, -0.25) is 4.79 Å². The van der Waals surface area contributed by atoms with Gasteiger partial charge in [-0.05, 0) is 36.4 Å². The topological polar surface area (TPSA) is 58.1 Å². The lowest BCUT2D eigenvalue weighted by Crippen LogP contribution is -2.06. The maximum absolute atomic E-state index is 13.2. The van der Waals surface area contributed by atoms with Gasteiger partial charge in [0.25, 0.3) is 0 Å². The molecule has 0 aliphatic carbocycles. The molecule has 2 aromatic carbocycles. The number of hydrogen-bond acceptors (Lipinski definition) is 4. The Hall–Kier alpha value is -2.25. The number of fused-ring (bicyclic) bond motifs is 1. The fraction of sp³-hybridized carbons (Fsp3) is 0.118. The summed E-state index contributed by atoms with van der Waals surface area (Å²) in [5.74, 6) is 0.187. The smallest absolute Gasteiger partial charge is 0.209 e. The van der Waals surface area contributed by atoms with Crippen molar-refractivity contribution >= 4 is 56.3 Å². The fourth-order valence-electron chi connectivity index (χ4n) is 1.84. The van der Waals surface area contributed by atoms with Gasteiger partial charge >= 0.3 is 0 Å². The number of hydrogen-bond donors (Lipinski definition) is 1. The number of anilines is 2. The highest BCUT2D eigenvalue weighted by molar-refractivity contribution is 9.10. The lowest BCUT2D eigenvalue weighted by molar-refractivity contribution is -0.115. The minimum Gasteiger partial charge on any atom is -0.351 e. The van der Waals surface area contributed by atoms with Gasteiger partial charge in [-0.25, -0.2) is 14.4 Å². The molecule has 0 fully saturated rings. The van der Waals surface area contributed by atoms with Crippen molar-refractivity contribution in [3.63, 3.8) is 0 Å². The Labute approximate surface area is 158 Å². The number of benzene rings is 2. The van der Waals surface area contributed by atoms with E-state index < -0.39 is 5.82 Å². The predicted octanol–water partition coefficient (Wildman–Crippen LogP) is 4.63. The molecule has 0 radical (unpaired) electrons. The average molecular weight is 426 g/mol. The van der Waals surface area contributed by atoms with Crippen LogP contribution < -0.4 is 5.32 Å². The van der Waals surface area contributed by atoms with Crippen molar-refractivity contribution < 1.29 is 9.18 Å². The molecule has 0 saturated carbocycles. The summed E-state index contributed by atoms with van der Waals surface area (Å²) in [6.45, 7) is 0. The number of carbonyl (C=O) groups excluding carboxylic acids is 1. The average Bonchev–Trinajstić information content (AvgIpc) is 2.59. The van der Waals surface area contributed by atoms with Gasteiger partial charge in [0.1, 0.15) is 18.0 Å². The van der Waals surface area contributed by atoms with Crippen molar-refractivity contribution in [1.82, 2.24) is 14.9 Å². The van der Waals surface area contributed by atoms with Gasteiger partial charge in [-0.2, -0.15) is 0 Å². The third-order valence-corrected chi connectivity index (χ3v) is 3.77. The van der Waals surface area contributed by atoms with Gasteiger partial charge in [0.2, 0.25) is 6.41 Å². The van der Waals surface area contributed by atoms with Gasteiger partial charge in [-0.15, -0.1) is 0 Å². The minimum absolute atomic E-state index is 0.0644. The van der Waals surface area contributed by atoms with E-state index in [1.165, 1.54) is 23.4 Å². The molecule has 1 aromatic heterocycles. The van der Waals surface area contributed by atoms with Crippen LogP contribution in [0.25, 0.3) is 10.9 Å². The summed E-state index contributed by atoms with van der Waals surface area (Å²) >= 11 is 9.19. The molecule has 25 heavy (non-hydrogen) atoms. The maximum Gasteiger partial charge on any atom is 0.209 e. The molecule has 0 saturated heterocycles. The summed E-state index contributed by atoms with van der Waals surface area (Å²) in [5, 5.41) is 4.05. The number of amides is 1. The van der Waals surface area contributed by atoms with Gasteiger partial charge in [-0.1, -0.05) is 27.5 Å².